The Morgan fingerprint density at radius 1 is 1.28 bits per heavy atom. The first-order valence-electron chi connectivity index (χ1n) is 9.49. The van der Waals surface area contributed by atoms with Crippen molar-refractivity contribution < 1.29 is 23.9 Å². The predicted molar refractivity (Wildman–Crippen MR) is 104 cm³/mol. The van der Waals surface area contributed by atoms with E-state index in [2.05, 4.69) is 0 Å². The predicted octanol–water partition coefficient (Wildman–Crippen LogP) is 2.61. The number of amides is 3. The van der Waals surface area contributed by atoms with Crippen LogP contribution in [0.5, 0.6) is 5.75 Å². The maximum absolute atomic E-state index is 13.3. The van der Waals surface area contributed by atoms with Gasteiger partial charge in [-0.2, -0.15) is 0 Å². The number of ether oxygens (including phenoxy) is 1. The summed E-state index contributed by atoms with van der Waals surface area (Å²) in [5, 5.41) is 9.61. The number of rotatable bonds is 8. The Morgan fingerprint density at radius 3 is 2.86 bits per heavy atom. The summed E-state index contributed by atoms with van der Waals surface area (Å²) >= 11 is 0. The summed E-state index contributed by atoms with van der Waals surface area (Å²) in [5.41, 5.74) is 7.41. The van der Waals surface area contributed by atoms with Crippen LogP contribution in [0.4, 0.5) is 9.18 Å². The molecule has 3 amide bonds. The third-order valence-electron chi connectivity index (χ3n) is 4.85. The number of primary amides is 1. The lowest BCUT2D eigenvalue weighted by Crippen LogP contribution is -2.38. The number of fused-ring (bicyclic) bond motifs is 1. The minimum Gasteiger partial charge on any atom is -0.492 e. The highest BCUT2D eigenvalue weighted by Crippen LogP contribution is 2.24. The summed E-state index contributed by atoms with van der Waals surface area (Å²) in [5.74, 6) is 0.297. The zero-order valence-electron chi connectivity index (χ0n) is 16.0. The first-order chi connectivity index (χ1) is 13.9. The fraction of sp³-hybridized carbons (Fsp3) is 0.333. The van der Waals surface area contributed by atoms with Crippen LogP contribution in [0.3, 0.4) is 0 Å². The van der Waals surface area contributed by atoms with Crippen molar-refractivity contribution in [3.63, 3.8) is 0 Å². The van der Waals surface area contributed by atoms with Gasteiger partial charge in [0.2, 0.25) is 0 Å². The second kappa shape index (κ2) is 9.38. The molecule has 8 heteroatoms. The summed E-state index contributed by atoms with van der Waals surface area (Å²) in [6, 6.07) is 10.8. The Kier molecular flexibility index (Phi) is 6.66. The zero-order chi connectivity index (χ0) is 20.8. The minimum atomic E-state index is -0.942. The molecule has 2 aromatic carbocycles. The molecule has 0 unspecified atom stereocenters. The van der Waals surface area contributed by atoms with E-state index < -0.39 is 6.03 Å². The van der Waals surface area contributed by atoms with Crippen molar-refractivity contribution in [3.05, 3.63) is 65.0 Å². The molecule has 1 aliphatic rings. The number of urea groups is 1. The number of halogens is 1. The molecule has 0 saturated carbocycles. The SMILES string of the molecule is NC(=O)N(O)CCOc1ccc2c(c1)CCN(CCCc1cccc(F)c1)C2=O. The molecule has 0 fully saturated rings. The molecule has 0 radical (unpaired) electrons. The van der Waals surface area contributed by atoms with Crippen LogP contribution in [0.1, 0.15) is 27.9 Å². The molecular weight excluding hydrogens is 377 g/mol. The van der Waals surface area contributed by atoms with E-state index in [4.69, 9.17) is 10.5 Å². The zero-order valence-corrected chi connectivity index (χ0v) is 16.0. The molecule has 0 saturated heterocycles. The highest BCUT2D eigenvalue weighted by atomic mass is 19.1. The van der Waals surface area contributed by atoms with Crippen LogP contribution in [0.25, 0.3) is 0 Å². The van der Waals surface area contributed by atoms with Crippen molar-refractivity contribution in [2.45, 2.75) is 19.3 Å². The number of aryl methyl sites for hydroxylation is 1. The molecule has 7 nitrogen and oxygen atoms in total. The number of hydrogen-bond acceptors (Lipinski definition) is 4. The van der Waals surface area contributed by atoms with Gasteiger partial charge in [-0.1, -0.05) is 12.1 Å². The van der Waals surface area contributed by atoms with Crippen LogP contribution < -0.4 is 10.5 Å². The molecule has 0 aliphatic carbocycles. The number of nitrogens with two attached hydrogens (primary N) is 1. The van der Waals surface area contributed by atoms with Crippen LogP contribution in [0.2, 0.25) is 0 Å². The molecule has 0 aromatic heterocycles. The molecule has 0 spiro atoms. The fourth-order valence-corrected chi connectivity index (χ4v) is 3.34. The number of hydroxylamine groups is 2. The van der Waals surface area contributed by atoms with Crippen LogP contribution in [-0.2, 0) is 12.8 Å². The number of nitrogens with zero attached hydrogens (tertiary/aromatic N) is 2. The van der Waals surface area contributed by atoms with Gasteiger partial charge in [-0.3, -0.25) is 10.0 Å². The lowest BCUT2D eigenvalue weighted by molar-refractivity contribution is -0.0464. The Morgan fingerprint density at radius 2 is 2.10 bits per heavy atom. The van der Waals surface area contributed by atoms with E-state index in [0.29, 0.717) is 42.3 Å². The van der Waals surface area contributed by atoms with Gasteiger partial charge in [0, 0.05) is 18.7 Å². The van der Waals surface area contributed by atoms with Crippen LogP contribution in [0.15, 0.2) is 42.5 Å². The van der Waals surface area contributed by atoms with Crippen molar-refractivity contribution in [3.8, 4) is 5.75 Å². The summed E-state index contributed by atoms with van der Waals surface area (Å²) in [7, 11) is 0. The van der Waals surface area contributed by atoms with Gasteiger partial charge >= 0.3 is 6.03 Å². The van der Waals surface area contributed by atoms with Gasteiger partial charge in [-0.05, 0) is 60.7 Å². The third kappa shape index (κ3) is 5.45. The van der Waals surface area contributed by atoms with E-state index in [0.717, 1.165) is 17.5 Å². The molecule has 2 aromatic rings. The molecule has 154 valence electrons. The van der Waals surface area contributed by atoms with Gasteiger partial charge in [-0.25, -0.2) is 14.2 Å². The highest BCUT2D eigenvalue weighted by molar-refractivity contribution is 5.96. The van der Waals surface area contributed by atoms with Crippen molar-refractivity contribution in [1.29, 1.82) is 0 Å². The highest BCUT2D eigenvalue weighted by Gasteiger charge is 2.24. The summed E-state index contributed by atoms with van der Waals surface area (Å²) < 4.78 is 18.8. The number of carbonyl (C=O) groups excluding carboxylic acids is 2. The molecular formula is C21H24FN3O4. The molecule has 3 N–H and O–H groups in total. The topological polar surface area (TPSA) is 96.1 Å². The van der Waals surface area contributed by atoms with Gasteiger partial charge in [0.25, 0.3) is 5.91 Å². The molecule has 29 heavy (non-hydrogen) atoms. The largest absolute Gasteiger partial charge is 0.492 e. The number of benzene rings is 2. The van der Waals surface area contributed by atoms with E-state index in [1.54, 1.807) is 18.2 Å². The fourth-order valence-electron chi connectivity index (χ4n) is 3.34. The maximum Gasteiger partial charge on any atom is 0.338 e. The van der Waals surface area contributed by atoms with E-state index in [-0.39, 0.29) is 24.9 Å². The standard InChI is InChI=1S/C21H24FN3O4/c22-17-5-1-3-15(13-17)4-2-9-24-10-8-16-14-18(6-7-19(16)20(24)26)29-12-11-25(28)21(23)27/h1,3,5-7,13-14,28H,2,4,8-12H2,(H2,23,27). The van der Waals surface area contributed by atoms with Crippen molar-refractivity contribution in [1.82, 2.24) is 9.96 Å². The van der Waals surface area contributed by atoms with Gasteiger partial charge in [0.05, 0.1) is 6.54 Å². The van der Waals surface area contributed by atoms with Crippen molar-refractivity contribution in [2.75, 3.05) is 26.2 Å². The van der Waals surface area contributed by atoms with Crippen molar-refractivity contribution in [2.24, 2.45) is 5.73 Å². The Labute approximate surface area is 168 Å². The average Bonchev–Trinajstić information content (AvgIpc) is 2.69. The van der Waals surface area contributed by atoms with Crippen LogP contribution >= 0.6 is 0 Å². The Balaban J connectivity index is 1.52. The molecule has 0 atom stereocenters. The van der Waals surface area contributed by atoms with E-state index >= 15 is 0 Å². The number of carbonyl (C=O) groups is 2. The lowest BCUT2D eigenvalue weighted by Gasteiger charge is -2.29. The van der Waals surface area contributed by atoms with E-state index in [1.807, 2.05) is 17.0 Å². The van der Waals surface area contributed by atoms with Crippen LogP contribution in [0, 0.1) is 5.82 Å². The number of hydrogen-bond donors (Lipinski definition) is 2. The normalized spacial score (nSPS) is 13.2. The maximum atomic E-state index is 13.3. The first-order valence-corrected chi connectivity index (χ1v) is 9.49. The van der Waals surface area contributed by atoms with E-state index in [1.165, 1.54) is 12.1 Å². The lowest BCUT2D eigenvalue weighted by atomic mass is 9.98. The Bertz CT molecular complexity index is 890. The van der Waals surface area contributed by atoms with Gasteiger partial charge in [0.1, 0.15) is 18.2 Å². The summed E-state index contributed by atoms with van der Waals surface area (Å²) in [6.45, 7) is 1.26. The summed E-state index contributed by atoms with van der Waals surface area (Å²) in [6.07, 6.45) is 2.20. The van der Waals surface area contributed by atoms with Crippen molar-refractivity contribution >= 4 is 11.9 Å². The van der Waals surface area contributed by atoms with E-state index in [9.17, 15) is 19.2 Å². The monoisotopic (exact) mass is 401 g/mol. The molecule has 1 heterocycles. The van der Waals surface area contributed by atoms with Gasteiger partial charge in [-0.15, -0.1) is 0 Å². The van der Waals surface area contributed by atoms with Gasteiger partial charge < -0.3 is 15.4 Å². The smallest absolute Gasteiger partial charge is 0.338 e. The van der Waals surface area contributed by atoms with Gasteiger partial charge in [0.15, 0.2) is 0 Å². The summed E-state index contributed by atoms with van der Waals surface area (Å²) in [4.78, 5) is 25.3. The average molecular weight is 401 g/mol. The molecule has 3 rings (SSSR count). The second-order valence-electron chi connectivity index (χ2n) is 6.90. The first kappa shape index (κ1) is 20.6. The van der Waals surface area contributed by atoms with Crippen LogP contribution in [-0.4, -0.2) is 53.3 Å². The quantitative estimate of drug-likeness (QED) is 0.525. The second-order valence-corrected chi connectivity index (χ2v) is 6.90. The molecule has 0 bridgehead atoms. The Hall–Kier alpha value is -3.13. The minimum absolute atomic E-state index is 0.0210. The molecule has 1 aliphatic heterocycles. The third-order valence-corrected chi connectivity index (χ3v) is 4.85.